The van der Waals surface area contributed by atoms with Crippen LogP contribution in [0.25, 0.3) is 0 Å². The van der Waals surface area contributed by atoms with Gasteiger partial charge in [-0.15, -0.1) is 0 Å². The average Bonchev–Trinajstić information content (AvgIpc) is 2.54. The highest BCUT2D eigenvalue weighted by Gasteiger charge is 2.45. The van der Waals surface area contributed by atoms with Gasteiger partial charge in [0, 0.05) is 13.1 Å². The van der Waals surface area contributed by atoms with Gasteiger partial charge in [-0.2, -0.15) is 0 Å². The molecule has 0 aromatic heterocycles. The maximum atomic E-state index is 12.7. The summed E-state index contributed by atoms with van der Waals surface area (Å²) in [6, 6.07) is 6.12. The summed E-state index contributed by atoms with van der Waals surface area (Å²) in [6.45, 7) is 10.9. The topological polar surface area (TPSA) is 70.7 Å². The van der Waals surface area contributed by atoms with Crippen LogP contribution in [0.2, 0.25) is 0 Å². The van der Waals surface area contributed by atoms with Crippen LogP contribution in [0, 0.1) is 0 Å². The van der Waals surface area contributed by atoms with Crippen molar-refractivity contribution in [3.05, 3.63) is 23.8 Å². The number of carbonyl (C=O) groups is 2. The lowest BCUT2D eigenvalue weighted by Crippen LogP contribution is -2.59. The molecule has 6 heteroatoms. The highest BCUT2D eigenvalue weighted by atomic mass is 16.6. The molecule has 1 aromatic carbocycles. The molecule has 2 amide bonds. The van der Waals surface area contributed by atoms with Crippen molar-refractivity contribution in [3.63, 3.8) is 0 Å². The zero-order valence-corrected chi connectivity index (χ0v) is 16.3. The third-order valence-corrected chi connectivity index (χ3v) is 5.04. The Kier molecular flexibility index (Phi) is 4.63. The number of carbonyl (C=O) groups excluding carboxylic acids is 2. The summed E-state index contributed by atoms with van der Waals surface area (Å²) in [5.41, 5.74) is 1.83. The molecule has 26 heavy (non-hydrogen) atoms. The largest absolute Gasteiger partial charge is 0.444 e. The highest BCUT2D eigenvalue weighted by Crippen LogP contribution is 2.38. The molecule has 1 aromatic rings. The SMILES string of the molecule is CC(C)c1ccc2c(c1)NC1(CCN(C(=O)OC(C)(C)C)CC1)C(=O)N2. The zero-order valence-electron chi connectivity index (χ0n) is 16.3. The van der Waals surface area contributed by atoms with Gasteiger partial charge in [-0.25, -0.2) is 4.79 Å². The van der Waals surface area contributed by atoms with Crippen molar-refractivity contribution in [2.75, 3.05) is 23.7 Å². The molecule has 3 rings (SSSR count). The van der Waals surface area contributed by atoms with Gasteiger partial charge >= 0.3 is 6.09 Å². The number of likely N-dealkylation sites (tertiary alicyclic amines) is 1. The quantitative estimate of drug-likeness (QED) is 0.797. The first-order valence-electron chi connectivity index (χ1n) is 9.31. The molecule has 1 spiro atoms. The van der Waals surface area contributed by atoms with Crippen LogP contribution in [-0.2, 0) is 9.53 Å². The Morgan fingerprint density at radius 2 is 1.85 bits per heavy atom. The Morgan fingerprint density at radius 1 is 1.19 bits per heavy atom. The summed E-state index contributed by atoms with van der Waals surface area (Å²) in [6.07, 6.45) is 0.804. The molecule has 2 N–H and O–H groups in total. The van der Waals surface area contributed by atoms with E-state index in [1.165, 1.54) is 5.56 Å². The van der Waals surface area contributed by atoms with Gasteiger partial charge in [-0.3, -0.25) is 4.79 Å². The number of nitrogens with zero attached hydrogens (tertiary/aromatic N) is 1. The van der Waals surface area contributed by atoms with Gasteiger partial charge in [0.2, 0.25) is 5.91 Å². The summed E-state index contributed by atoms with van der Waals surface area (Å²) in [5, 5.41) is 6.51. The fourth-order valence-corrected chi connectivity index (χ4v) is 3.44. The van der Waals surface area contributed by atoms with E-state index in [0.29, 0.717) is 31.8 Å². The summed E-state index contributed by atoms with van der Waals surface area (Å²) in [4.78, 5) is 26.7. The third kappa shape index (κ3) is 3.64. The van der Waals surface area contributed by atoms with E-state index < -0.39 is 11.1 Å². The van der Waals surface area contributed by atoms with Crippen molar-refractivity contribution in [3.8, 4) is 0 Å². The number of fused-ring (bicyclic) bond motifs is 1. The molecule has 0 atom stereocenters. The normalized spacial score (nSPS) is 19.0. The number of hydrogen-bond donors (Lipinski definition) is 2. The Balaban J connectivity index is 1.73. The molecule has 0 unspecified atom stereocenters. The smallest absolute Gasteiger partial charge is 0.410 e. The van der Waals surface area contributed by atoms with E-state index in [4.69, 9.17) is 4.74 Å². The number of amides is 2. The average molecular weight is 359 g/mol. The second kappa shape index (κ2) is 6.49. The van der Waals surface area contributed by atoms with Crippen LogP contribution in [-0.4, -0.2) is 41.1 Å². The van der Waals surface area contributed by atoms with E-state index in [2.05, 4.69) is 36.6 Å². The molecular formula is C20H29N3O3. The van der Waals surface area contributed by atoms with E-state index in [1.54, 1.807) is 4.90 Å². The van der Waals surface area contributed by atoms with Crippen molar-refractivity contribution in [2.45, 2.75) is 64.5 Å². The second-order valence-corrected chi connectivity index (χ2v) is 8.59. The zero-order chi connectivity index (χ0) is 19.1. The van der Waals surface area contributed by atoms with E-state index in [0.717, 1.165) is 11.4 Å². The number of benzene rings is 1. The Morgan fingerprint density at radius 3 is 2.42 bits per heavy atom. The Labute approximate surface area is 155 Å². The number of piperidine rings is 1. The van der Waals surface area contributed by atoms with Crippen molar-refractivity contribution in [2.24, 2.45) is 0 Å². The minimum absolute atomic E-state index is 0.0221. The predicted octanol–water partition coefficient (Wildman–Crippen LogP) is 3.94. The number of rotatable bonds is 1. The first kappa shape index (κ1) is 18.5. The molecule has 142 valence electrons. The molecule has 0 bridgehead atoms. The number of ether oxygens (including phenoxy) is 1. The fourth-order valence-electron chi connectivity index (χ4n) is 3.44. The molecule has 6 nitrogen and oxygen atoms in total. The second-order valence-electron chi connectivity index (χ2n) is 8.59. The summed E-state index contributed by atoms with van der Waals surface area (Å²) in [5.74, 6) is 0.399. The minimum Gasteiger partial charge on any atom is -0.444 e. The van der Waals surface area contributed by atoms with Gasteiger partial charge in [0.1, 0.15) is 11.1 Å². The molecule has 0 saturated carbocycles. The third-order valence-electron chi connectivity index (χ3n) is 5.04. The first-order valence-corrected chi connectivity index (χ1v) is 9.31. The van der Waals surface area contributed by atoms with Crippen LogP contribution in [0.15, 0.2) is 18.2 Å². The summed E-state index contributed by atoms with van der Waals surface area (Å²) >= 11 is 0. The van der Waals surface area contributed by atoms with Crippen LogP contribution >= 0.6 is 0 Å². The molecule has 2 aliphatic rings. The maximum Gasteiger partial charge on any atom is 0.410 e. The molecule has 0 aliphatic carbocycles. The van der Waals surface area contributed by atoms with E-state index >= 15 is 0 Å². The molecular weight excluding hydrogens is 330 g/mol. The molecule has 1 fully saturated rings. The molecule has 2 aliphatic heterocycles. The van der Waals surface area contributed by atoms with Crippen LogP contribution in [0.4, 0.5) is 16.2 Å². The van der Waals surface area contributed by atoms with Gasteiger partial charge in [0.25, 0.3) is 0 Å². The van der Waals surface area contributed by atoms with Crippen LogP contribution < -0.4 is 10.6 Å². The van der Waals surface area contributed by atoms with Gasteiger partial charge in [0.15, 0.2) is 0 Å². The lowest BCUT2D eigenvalue weighted by atomic mass is 9.84. The van der Waals surface area contributed by atoms with E-state index in [9.17, 15) is 9.59 Å². The van der Waals surface area contributed by atoms with Gasteiger partial charge < -0.3 is 20.3 Å². The molecule has 2 heterocycles. The number of hydrogen-bond acceptors (Lipinski definition) is 4. The van der Waals surface area contributed by atoms with Crippen molar-refractivity contribution in [1.82, 2.24) is 4.90 Å². The lowest BCUT2D eigenvalue weighted by molar-refractivity contribution is -0.122. The van der Waals surface area contributed by atoms with Crippen molar-refractivity contribution in [1.29, 1.82) is 0 Å². The van der Waals surface area contributed by atoms with Gasteiger partial charge in [-0.1, -0.05) is 19.9 Å². The van der Waals surface area contributed by atoms with E-state index in [-0.39, 0.29) is 12.0 Å². The predicted molar refractivity (Wildman–Crippen MR) is 103 cm³/mol. The number of anilines is 2. The maximum absolute atomic E-state index is 12.7. The van der Waals surface area contributed by atoms with Crippen LogP contribution in [0.5, 0.6) is 0 Å². The monoisotopic (exact) mass is 359 g/mol. The Bertz CT molecular complexity index is 714. The summed E-state index contributed by atoms with van der Waals surface area (Å²) < 4.78 is 5.44. The molecule has 0 radical (unpaired) electrons. The standard InChI is InChI=1S/C20H29N3O3/c1-13(2)14-6-7-15-16(12-14)22-20(17(24)21-15)8-10-23(11-9-20)18(25)26-19(3,4)5/h6-7,12-13,22H,8-11H2,1-5H3,(H,21,24). The van der Waals surface area contributed by atoms with Crippen LogP contribution in [0.3, 0.4) is 0 Å². The van der Waals surface area contributed by atoms with Crippen molar-refractivity contribution >= 4 is 23.4 Å². The molecule has 1 saturated heterocycles. The Hall–Kier alpha value is -2.24. The number of nitrogens with one attached hydrogen (secondary N) is 2. The lowest BCUT2D eigenvalue weighted by Gasteiger charge is -2.44. The van der Waals surface area contributed by atoms with E-state index in [1.807, 2.05) is 26.8 Å². The minimum atomic E-state index is -0.666. The highest BCUT2D eigenvalue weighted by molar-refractivity contribution is 6.06. The first-order chi connectivity index (χ1) is 12.1. The van der Waals surface area contributed by atoms with Gasteiger partial charge in [-0.05, 0) is 57.2 Å². The van der Waals surface area contributed by atoms with Crippen LogP contribution in [0.1, 0.15) is 58.9 Å². The van der Waals surface area contributed by atoms with Crippen molar-refractivity contribution < 1.29 is 14.3 Å². The summed E-state index contributed by atoms with van der Waals surface area (Å²) in [7, 11) is 0. The fraction of sp³-hybridized carbons (Fsp3) is 0.600. The van der Waals surface area contributed by atoms with Gasteiger partial charge in [0.05, 0.1) is 11.4 Å².